The third-order valence-electron chi connectivity index (χ3n) is 4.51. The smallest absolute Gasteiger partial charge is 0.0367 e. The minimum atomic E-state index is 1.05. The molecule has 0 bridgehead atoms. The minimum Gasteiger partial charge on any atom is -0.369 e. The zero-order valence-corrected chi connectivity index (χ0v) is 14.5. The predicted octanol–water partition coefficient (Wildman–Crippen LogP) is 1.87. The summed E-state index contributed by atoms with van der Waals surface area (Å²) in [6, 6.07) is 9.17. The maximum atomic E-state index is 3.40. The van der Waals surface area contributed by atoms with Gasteiger partial charge in [0, 0.05) is 51.5 Å². The van der Waals surface area contributed by atoms with Crippen molar-refractivity contribution in [1.29, 1.82) is 0 Å². The van der Waals surface area contributed by atoms with Crippen molar-refractivity contribution in [3.05, 3.63) is 29.8 Å². The SMILES string of the molecule is CCNCCN(CC)Cc1ccc(N2CCN(C)CC2)cc1. The van der Waals surface area contributed by atoms with E-state index in [1.165, 1.54) is 11.3 Å². The molecule has 0 spiro atoms. The highest BCUT2D eigenvalue weighted by atomic mass is 15.2. The first kappa shape index (κ1) is 17.3. The Bertz CT molecular complexity index is 410. The third-order valence-corrected chi connectivity index (χ3v) is 4.51. The average Bonchev–Trinajstić information content (AvgIpc) is 2.55. The number of hydrogen-bond donors (Lipinski definition) is 1. The Morgan fingerprint density at radius 2 is 1.73 bits per heavy atom. The van der Waals surface area contributed by atoms with Crippen LogP contribution in [0.15, 0.2) is 24.3 Å². The second-order valence-corrected chi connectivity index (χ2v) is 6.18. The molecule has 1 fully saturated rings. The lowest BCUT2D eigenvalue weighted by atomic mass is 10.1. The van der Waals surface area contributed by atoms with E-state index in [4.69, 9.17) is 0 Å². The van der Waals surface area contributed by atoms with E-state index in [9.17, 15) is 0 Å². The number of likely N-dealkylation sites (N-methyl/N-ethyl adjacent to an activating group) is 3. The molecule has 0 atom stereocenters. The van der Waals surface area contributed by atoms with Crippen molar-refractivity contribution >= 4 is 5.69 Å². The van der Waals surface area contributed by atoms with Gasteiger partial charge in [-0.3, -0.25) is 4.90 Å². The van der Waals surface area contributed by atoms with Crippen molar-refractivity contribution in [2.24, 2.45) is 0 Å². The lowest BCUT2D eigenvalue weighted by molar-refractivity contribution is 0.280. The van der Waals surface area contributed by atoms with E-state index >= 15 is 0 Å². The van der Waals surface area contributed by atoms with Gasteiger partial charge in [0.05, 0.1) is 0 Å². The fourth-order valence-electron chi connectivity index (χ4n) is 2.90. The van der Waals surface area contributed by atoms with Gasteiger partial charge in [-0.25, -0.2) is 0 Å². The Labute approximate surface area is 136 Å². The van der Waals surface area contributed by atoms with Gasteiger partial charge in [0.2, 0.25) is 0 Å². The van der Waals surface area contributed by atoms with Gasteiger partial charge in [-0.15, -0.1) is 0 Å². The van der Waals surface area contributed by atoms with Gasteiger partial charge in [-0.05, 0) is 37.8 Å². The Morgan fingerprint density at radius 1 is 1.05 bits per heavy atom. The van der Waals surface area contributed by atoms with Crippen LogP contribution < -0.4 is 10.2 Å². The van der Waals surface area contributed by atoms with Crippen molar-refractivity contribution in [3.63, 3.8) is 0 Å². The highest BCUT2D eigenvalue weighted by Gasteiger charge is 2.14. The van der Waals surface area contributed by atoms with Crippen LogP contribution in [0, 0.1) is 0 Å². The molecule has 0 unspecified atom stereocenters. The molecule has 4 nitrogen and oxygen atoms in total. The van der Waals surface area contributed by atoms with Gasteiger partial charge in [0.15, 0.2) is 0 Å². The summed E-state index contributed by atoms with van der Waals surface area (Å²) < 4.78 is 0. The van der Waals surface area contributed by atoms with Crippen LogP contribution in [-0.4, -0.2) is 69.2 Å². The van der Waals surface area contributed by atoms with Crippen molar-refractivity contribution in [1.82, 2.24) is 15.1 Å². The molecule has 1 heterocycles. The Balaban J connectivity index is 1.85. The maximum Gasteiger partial charge on any atom is 0.0367 e. The van der Waals surface area contributed by atoms with E-state index in [0.717, 1.165) is 58.9 Å². The van der Waals surface area contributed by atoms with E-state index in [-0.39, 0.29) is 0 Å². The van der Waals surface area contributed by atoms with Crippen LogP contribution in [0.4, 0.5) is 5.69 Å². The van der Waals surface area contributed by atoms with Gasteiger partial charge in [-0.1, -0.05) is 26.0 Å². The summed E-state index contributed by atoms with van der Waals surface area (Å²) in [5, 5.41) is 3.40. The standard InChI is InChI=1S/C18H32N4/c1-4-19-10-11-21(5-2)16-17-6-8-18(9-7-17)22-14-12-20(3)13-15-22/h6-9,19H,4-5,10-16H2,1-3H3. The van der Waals surface area contributed by atoms with Crippen LogP contribution in [-0.2, 0) is 6.54 Å². The maximum absolute atomic E-state index is 3.40. The summed E-state index contributed by atoms with van der Waals surface area (Å²) >= 11 is 0. The summed E-state index contributed by atoms with van der Waals surface area (Å²) in [4.78, 5) is 7.38. The molecule has 0 aromatic heterocycles. The second-order valence-electron chi connectivity index (χ2n) is 6.18. The molecule has 1 saturated heterocycles. The molecule has 1 aromatic rings. The topological polar surface area (TPSA) is 21.8 Å². The summed E-state index contributed by atoms with van der Waals surface area (Å²) in [5.41, 5.74) is 2.78. The van der Waals surface area contributed by atoms with Gasteiger partial charge in [0.25, 0.3) is 0 Å². The van der Waals surface area contributed by atoms with Gasteiger partial charge >= 0.3 is 0 Å². The number of nitrogens with one attached hydrogen (secondary N) is 1. The number of rotatable bonds is 8. The predicted molar refractivity (Wildman–Crippen MR) is 95.6 cm³/mol. The summed E-state index contributed by atoms with van der Waals surface area (Å²) in [7, 11) is 2.20. The molecular formula is C18H32N4. The number of hydrogen-bond acceptors (Lipinski definition) is 4. The van der Waals surface area contributed by atoms with Crippen LogP contribution in [0.25, 0.3) is 0 Å². The fraction of sp³-hybridized carbons (Fsp3) is 0.667. The van der Waals surface area contributed by atoms with Crippen LogP contribution >= 0.6 is 0 Å². The third kappa shape index (κ3) is 5.27. The molecule has 1 aromatic carbocycles. The first-order chi connectivity index (χ1) is 10.7. The van der Waals surface area contributed by atoms with Crippen molar-refractivity contribution < 1.29 is 0 Å². The van der Waals surface area contributed by atoms with E-state index in [1.54, 1.807) is 0 Å². The molecule has 0 saturated carbocycles. The monoisotopic (exact) mass is 304 g/mol. The lowest BCUT2D eigenvalue weighted by Crippen LogP contribution is -2.44. The molecule has 4 heteroatoms. The van der Waals surface area contributed by atoms with E-state index in [1.807, 2.05) is 0 Å². The number of piperazine rings is 1. The zero-order chi connectivity index (χ0) is 15.8. The van der Waals surface area contributed by atoms with Crippen LogP contribution in [0.2, 0.25) is 0 Å². The lowest BCUT2D eigenvalue weighted by Gasteiger charge is -2.34. The summed E-state index contributed by atoms with van der Waals surface area (Å²) in [6.07, 6.45) is 0. The molecule has 22 heavy (non-hydrogen) atoms. The van der Waals surface area contributed by atoms with Crippen molar-refractivity contribution in [3.8, 4) is 0 Å². The highest BCUT2D eigenvalue weighted by molar-refractivity contribution is 5.48. The van der Waals surface area contributed by atoms with Crippen LogP contribution in [0.5, 0.6) is 0 Å². The van der Waals surface area contributed by atoms with Gasteiger partial charge in [0.1, 0.15) is 0 Å². The van der Waals surface area contributed by atoms with E-state index < -0.39 is 0 Å². The van der Waals surface area contributed by atoms with Crippen LogP contribution in [0.3, 0.4) is 0 Å². The highest BCUT2D eigenvalue weighted by Crippen LogP contribution is 2.17. The molecule has 1 N–H and O–H groups in total. The fourth-order valence-corrected chi connectivity index (χ4v) is 2.90. The Morgan fingerprint density at radius 3 is 2.32 bits per heavy atom. The largest absolute Gasteiger partial charge is 0.369 e. The molecular weight excluding hydrogens is 272 g/mol. The summed E-state index contributed by atoms with van der Waals surface area (Å²) in [6.45, 7) is 14.4. The number of benzene rings is 1. The molecule has 2 rings (SSSR count). The molecule has 0 aliphatic carbocycles. The van der Waals surface area contributed by atoms with E-state index in [2.05, 4.69) is 65.2 Å². The average molecular weight is 304 g/mol. The normalized spacial score (nSPS) is 16.5. The van der Waals surface area contributed by atoms with Crippen molar-refractivity contribution in [2.75, 3.05) is 64.3 Å². The van der Waals surface area contributed by atoms with Gasteiger partial charge in [-0.2, -0.15) is 0 Å². The summed E-state index contributed by atoms with van der Waals surface area (Å²) in [5.74, 6) is 0. The minimum absolute atomic E-state index is 1.05. The molecule has 124 valence electrons. The molecule has 1 aliphatic rings. The number of nitrogens with zero attached hydrogens (tertiary/aromatic N) is 3. The zero-order valence-electron chi connectivity index (χ0n) is 14.5. The Hall–Kier alpha value is -1.10. The number of anilines is 1. The molecule has 1 aliphatic heterocycles. The van der Waals surface area contributed by atoms with Crippen LogP contribution in [0.1, 0.15) is 19.4 Å². The van der Waals surface area contributed by atoms with Crippen molar-refractivity contribution in [2.45, 2.75) is 20.4 Å². The first-order valence-corrected chi connectivity index (χ1v) is 8.68. The Kier molecular flexibility index (Phi) is 7.16. The van der Waals surface area contributed by atoms with E-state index in [0.29, 0.717) is 0 Å². The van der Waals surface area contributed by atoms with Gasteiger partial charge < -0.3 is 15.1 Å². The molecule has 0 radical (unpaired) electrons. The first-order valence-electron chi connectivity index (χ1n) is 8.68. The molecule has 0 amide bonds. The quantitative estimate of drug-likeness (QED) is 0.740. The second kappa shape index (κ2) is 9.13.